The van der Waals surface area contributed by atoms with Gasteiger partial charge in [0.15, 0.2) is 0 Å². The molecular weight excluding hydrogens is 1110 g/mol. The molecule has 1 aliphatic carbocycles. The topological polar surface area (TPSA) is 387 Å². The lowest BCUT2D eigenvalue weighted by Gasteiger charge is -2.31. The predicted molar refractivity (Wildman–Crippen MR) is 311 cm³/mol. The summed E-state index contributed by atoms with van der Waals surface area (Å²) in [5.74, 6) is -8.06. The van der Waals surface area contributed by atoms with Gasteiger partial charge in [0.25, 0.3) is 0 Å². The average molecular weight is 1190 g/mol. The number of aliphatic carboxylic acids is 1. The SMILES string of the molecule is CSCC[C@H](NC(=O)[C@H](Cc1ccccc1)NC(C)=O)C(=O)NC(C)(C)C(=O)N[C@@H](Cc1ccc(CP(=O)(O)O)cc1)C(=O)N[C@@H](Cc1c[nH]c2cc(C)ccc12)C(=O)N[C@@H](CCC(=O)O)C(=O)NC1(C(=O)N[C@@H](CC(C)C)C(N)=O)CC1. The maximum Gasteiger partial charge on any atom is 0.329 e. The number of carbonyl (C=O) groups is 10. The fraction of sp³-hybridized carbons (Fsp3) is 0.474. The summed E-state index contributed by atoms with van der Waals surface area (Å²) in [5.41, 5.74) is 5.78. The number of H-pyrrole nitrogens is 1. The summed E-state index contributed by atoms with van der Waals surface area (Å²) in [6.07, 6.45) is 1.99. The number of amides is 9. The van der Waals surface area contributed by atoms with Crippen LogP contribution < -0.4 is 48.3 Å². The number of nitrogens with two attached hydrogens (primary N) is 1. The van der Waals surface area contributed by atoms with Crippen molar-refractivity contribution in [1.29, 1.82) is 0 Å². The van der Waals surface area contributed by atoms with Gasteiger partial charge in [-0.15, -0.1) is 0 Å². The molecule has 83 heavy (non-hydrogen) atoms. The summed E-state index contributed by atoms with van der Waals surface area (Å²) in [4.78, 5) is 159. The van der Waals surface area contributed by atoms with Crippen molar-refractivity contribution < 1.29 is 67.4 Å². The van der Waals surface area contributed by atoms with Gasteiger partial charge in [0.1, 0.15) is 47.3 Å². The third-order valence-corrected chi connectivity index (χ3v) is 15.3. The van der Waals surface area contributed by atoms with Crippen LogP contribution in [0.2, 0.25) is 0 Å². The second-order valence-electron chi connectivity index (χ2n) is 22.0. The van der Waals surface area contributed by atoms with Crippen LogP contribution in [-0.2, 0) is 77.9 Å². The Balaban J connectivity index is 1.46. The van der Waals surface area contributed by atoms with Crippen molar-refractivity contribution in [3.63, 3.8) is 0 Å². The number of aromatic nitrogens is 1. The molecule has 1 aliphatic rings. The maximum atomic E-state index is 14.9. The molecule has 6 atom stereocenters. The van der Waals surface area contributed by atoms with E-state index in [-0.39, 0.29) is 56.4 Å². The maximum absolute atomic E-state index is 14.9. The van der Waals surface area contributed by atoms with Gasteiger partial charge in [0, 0.05) is 49.7 Å². The highest BCUT2D eigenvalue weighted by Crippen LogP contribution is 2.39. The average Bonchev–Trinajstić information content (AvgIpc) is 2.77. The lowest BCUT2D eigenvalue weighted by Crippen LogP contribution is -2.63. The van der Waals surface area contributed by atoms with E-state index in [0.29, 0.717) is 27.8 Å². The Morgan fingerprint density at radius 3 is 1.80 bits per heavy atom. The van der Waals surface area contributed by atoms with Gasteiger partial charge >= 0.3 is 13.6 Å². The number of rotatable bonds is 32. The van der Waals surface area contributed by atoms with Gasteiger partial charge in [0.05, 0.1) is 6.16 Å². The number of benzene rings is 3. The van der Waals surface area contributed by atoms with Crippen molar-refractivity contribution in [3.8, 4) is 0 Å². The summed E-state index contributed by atoms with van der Waals surface area (Å²) in [7, 11) is -4.49. The van der Waals surface area contributed by atoms with Crippen LogP contribution in [0.5, 0.6) is 0 Å². The molecule has 1 aromatic heterocycles. The third kappa shape index (κ3) is 20.7. The zero-order valence-corrected chi connectivity index (χ0v) is 49.3. The molecule has 450 valence electrons. The number of aryl methyl sites for hydroxylation is 1. The Hall–Kier alpha value is -7.60. The number of aromatic amines is 1. The minimum Gasteiger partial charge on any atom is -0.481 e. The van der Waals surface area contributed by atoms with Gasteiger partial charge < -0.3 is 68.1 Å². The van der Waals surface area contributed by atoms with Gasteiger partial charge in [-0.05, 0) is 105 Å². The molecule has 5 rings (SSSR count). The number of nitrogens with one attached hydrogen (secondary N) is 9. The summed E-state index contributed by atoms with van der Waals surface area (Å²) in [6.45, 7) is 9.52. The van der Waals surface area contributed by atoms with Crippen molar-refractivity contribution in [2.45, 2.75) is 153 Å². The smallest absolute Gasteiger partial charge is 0.329 e. The second-order valence-corrected chi connectivity index (χ2v) is 24.7. The third-order valence-electron chi connectivity index (χ3n) is 13.9. The first kappa shape index (κ1) is 66.2. The van der Waals surface area contributed by atoms with Crippen LogP contribution in [0.1, 0.15) is 101 Å². The Bertz CT molecular complexity index is 3050. The van der Waals surface area contributed by atoms with Crippen molar-refractivity contribution >= 4 is 89.4 Å². The summed E-state index contributed by atoms with van der Waals surface area (Å²) >= 11 is 1.40. The quantitative estimate of drug-likeness (QED) is 0.0310. The first-order valence-corrected chi connectivity index (χ1v) is 30.3. The fourth-order valence-electron chi connectivity index (χ4n) is 9.19. The van der Waals surface area contributed by atoms with Crippen LogP contribution in [0.3, 0.4) is 0 Å². The zero-order valence-electron chi connectivity index (χ0n) is 47.6. The van der Waals surface area contributed by atoms with Crippen LogP contribution >= 0.6 is 19.4 Å². The Morgan fingerprint density at radius 2 is 1.25 bits per heavy atom. The molecule has 1 heterocycles. The Labute approximate surface area is 485 Å². The van der Waals surface area contributed by atoms with Crippen LogP contribution in [-0.4, -0.2) is 138 Å². The van der Waals surface area contributed by atoms with Crippen LogP contribution in [0.4, 0.5) is 0 Å². The highest BCUT2D eigenvalue weighted by molar-refractivity contribution is 7.98. The molecule has 1 saturated carbocycles. The number of primary amides is 1. The van der Waals surface area contributed by atoms with Gasteiger partial charge in [0.2, 0.25) is 53.2 Å². The molecule has 9 amide bonds. The standard InChI is InChI=1S/C57H77N10O14PS/c1-32(2)25-43(48(58)71)64-55(78)57(22-23-57)67-53(76)40(19-20-47(69)70)61-51(74)46(29-38-30-59-42-26-33(3)13-18-39(38)42)63-50(73)45(28-36-14-16-37(17-15-36)31-82(79,80)81)65-54(77)56(5,6)66-52(75)41(21-24-83-7)62-49(72)44(60-34(4)68)27-35-11-9-8-10-12-35/h8-18,26,30,32,40-41,43-46,59H,19-25,27-29,31H2,1-7H3,(H2,58,71)(H,60,68)(H,61,74)(H,62,72)(H,63,73)(H,64,78)(H,65,77)(H,66,75)(H,67,76)(H,69,70)(H2,79,80,81)/t40-,41-,43-,44-,45-,46-/m0/s1. The Morgan fingerprint density at radius 1 is 0.699 bits per heavy atom. The van der Waals surface area contributed by atoms with Gasteiger partial charge in [-0.2, -0.15) is 11.8 Å². The molecule has 0 radical (unpaired) electrons. The van der Waals surface area contributed by atoms with Crippen LogP contribution in [0.15, 0.2) is 79.0 Å². The van der Waals surface area contributed by atoms with E-state index < -0.39 is 133 Å². The number of carboxylic acid groups (broad SMARTS) is 1. The Kier molecular flexibility index (Phi) is 23.6. The number of thioether (sulfide) groups is 1. The summed E-state index contributed by atoms with van der Waals surface area (Å²) in [6, 6.07) is 12.2. The predicted octanol–water partition coefficient (Wildman–Crippen LogP) is 1.80. The van der Waals surface area contributed by atoms with E-state index in [1.54, 1.807) is 48.9 Å². The van der Waals surface area contributed by atoms with Gasteiger partial charge in [-0.25, -0.2) is 0 Å². The highest BCUT2D eigenvalue weighted by Gasteiger charge is 2.52. The summed E-state index contributed by atoms with van der Waals surface area (Å²) < 4.78 is 11.8. The minimum absolute atomic E-state index is 0.0333. The van der Waals surface area contributed by atoms with Crippen LogP contribution in [0, 0.1) is 12.8 Å². The molecule has 3 aromatic carbocycles. The van der Waals surface area contributed by atoms with Crippen molar-refractivity contribution in [1.82, 2.24) is 47.5 Å². The number of carbonyl (C=O) groups excluding carboxylic acids is 9. The van der Waals surface area contributed by atoms with Crippen molar-refractivity contribution in [3.05, 3.63) is 107 Å². The van der Waals surface area contributed by atoms with E-state index in [9.17, 15) is 67.4 Å². The molecule has 26 heteroatoms. The molecule has 4 aromatic rings. The summed E-state index contributed by atoms with van der Waals surface area (Å²) in [5, 5.41) is 31.7. The number of hydrogen-bond acceptors (Lipinski definition) is 12. The second kappa shape index (κ2) is 29.6. The molecule has 0 bridgehead atoms. The lowest BCUT2D eigenvalue weighted by molar-refractivity contribution is -0.139. The molecule has 1 fully saturated rings. The molecule has 0 spiro atoms. The van der Waals surface area contributed by atoms with Crippen LogP contribution in [0.25, 0.3) is 10.9 Å². The van der Waals surface area contributed by atoms with Gasteiger partial charge in [-0.1, -0.05) is 80.6 Å². The van der Waals surface area contributed by atoms with E-state index in [2.05, 4.69) is 47.5 Å². The molecule has 0 saturated heterocycles. The lowest BCUT2D eigenvalue weighted by atomic mass is 9.98. The number of hydrogen-bond donors (Lipinski definition) is 13. The fourth-order valence-corrected chi connectivity index (χ4v) is 10.3. The van der Waals surface area contributed by atoms with Gasteiger partial charge in [-0.3, -0.25) is 52.5 Å². The van der Waals surface area contributed by atoms with E-state index in [4.69, 9.17) is 5.73 Å². The van der Waals surface area contributed by atoms with E-state index in [1.165, 1.54) is 56.8 Å². The van der Waals surface area contributed by atoms with E-state index in [1.807, 2.05) is 32.9 Å². The minimum atomic E-state index is -4.49. The monoisotopic (exact) mass is 1190 g/mol. The first-order valence-electron chi connectivity index (χ1n) is 27.1. The largest absolute Gasteiger partial charge is 0.481 e. The van der Waals surface area contributed by atoms with Crippen molar-refractivity contribution in [2.75, 3.05) is 12.0 Å². The number of carboxylic acids is 1. The van der Waals surface area contributed by atoms with Crippen molar-refractivity contribution in [2.24, 2.45) is 11.7 Å². The molecule has 0 unspecified atom stereocenters. The number of fused-ring (bicyclic) bond motifs is 1. The van der Waals surface area contributed by atoms with E-state index >= 15 is 0 Å². The van der Waals surface area contributed by atoms with E-state index in [0.717, 1.165) is 11.1 Å². The zero-order chi connectivity index (χ0) is 61.4. The first-order chi connectivity index (χ1) is 39.0. The normalized spacial score (nSPS) is 15.0. The highest BCUT2D eigenvalue weighted by atomic mass is 32.2. The molecule has 14 N–H and O–H groups in total. The molecule has 0 aliphatic heterocycles. The molecule has 24 nitrogen and oxygen atoms in total. The molecular formula is C57H77N10O14PS.